The topological polar surface area (TPSA) is 120 Å². The average Bonchev–Trinajstić information content (AvgIpc) is 3.18. The van der Waals surface area contributed by atoms with Gasteiger partial charge in [-0.3, -0.25) is 0 Å². The minimum atomic E-state index is -3.71. The summed E-state index contributed by atoms with van der Waals surface area (Å²) in [5, 5.41) is 4.07. The number of thiophene rings is 1. The first-order valence-electron chi connectivity index (χ1n) is 10.4. The first-order valence-corrected chi connectivity index (χ1v) is 13.0. The lowest BCUT2D eigenvalue weighted by Crippen LogP contribution is -2.40. The number of ether oxygens (including phenoxy) is 3. The SMILES string of the molecule is COCCOC(=O)c1sc2ncnc(Nc3cc(S(=O)(=O)N4CCOCC4)ccc3Cl)c2c1C. The highest BCUT2D eigenvalue weighted by Crippen LogP contribution is 2.36. The predicted molar refractivity (Wildman–Crippen MR) is 129 cm³/mol. The fourth-order valence-electron chi connectivity index (χ4n) is 3.47. The van der Waals surface area contributed by atoms with Gasteiger partial charge in [-0.05, 0) is 30.7 Å². The second kappa shape index (κ2) is 10.5. The molecular formula is C21H23ClN4O6S2. The standard InChI is InChI=1S/C21H23ClN4O6S2/c1-13-17-19(23-12-24-20(17)33-18(13)21(27)32-10-9-30-2)25-16-11-14(3-4-15(16)22)34(28,29)26-5-7-31-8-6-26/h3-4,11-12H,5-10H2,1-2H3,(H,23,24,25). The Kier molecular flexibility index (Phi) is 7.65. The Morgan fingerprint density at radius 1 is 1.26 bits per heavy atom. The van der Waals surface area contributed by atoms with Crippen LogP contribution in [0.25, 0.3) is 10.2 Å². The van der Waals surface area contributed by atoms with Crippen molar-refractivity contribution in [3.8, 4) is 0 Å². The number of aromatic nitrogens is 2. The van der Waals surface area contributed by atoms with Crippen LogP contribution >= 0.6 is 22.9 Å². The number of nitrogens with one attached hydrogen (secondary N) is 1. The van der Waals surface area contributed by atoms with Crippen LogP contribution in [0.1, 0.15) is 15.2 Å². The van der Waals surface area contributed by atoms with E-state index in [0.29, 0.717) is 57.0 Å². The molecule has 0 bridgehead atoms. The number of aryl methyl sites for hydroxylation is 1. The van der Waals surface area contributed by atoms with Crippen molar-refractivity contribution in [2.75, 3.05) is 51.9 Å². The lowest BCUT2D eigenvalue weighted by molar-refractivity contribution is 0.0393. The van der Waals surface area contributed by atoms with Crippen molar-refractivity contribution in [3.63, 3.8) is 0 Å². The number of carbonyl (C=O) groups is 1. The number of morpholine rings is 1. The Balaban J connectivity index is 1.66. The maximum absolute atomic E-state index is 13.1. The molecule has 1 aliphatic rings. The summed E-state index contributed by atoms with van der Waals surface area (Å²) in [5.41, 5.74) is 1.02. The molecule has 3 heterocycles. The van der Waals surface area contributed by atoms with Crippen molar-refractivity contribution in [1.82, 2.24) is 14.3 Å². The fraction of sp³-hybridized carbons (Fsp3) is 0.381. The molecular weight excluding hydrogens is 504 g/mol. The van der Waals surface area contributed by atoms with E-state index in [1.807, 2.05) is 0 Å². The summed E-state index contributed by atoms with van der Waals surface area (Å²) in [6, 6.07) is 4.47. The highest BCUT2D eigenvalue weighted by molar-refractivity contribution is 7.89. The van der Waals surface area contributed by atoms with E-state index in [9.17, 15) is 13.2 Å². The van der Waals surface area contributed by atoms with Gasteiger partial charge in [-0.1, -0.05) is 11.6 Å². The van der Waals surface area contributed by atoms with E-state index in [1.54, 1.807) is 6.92 Å². The van der Waals surface area contributed by atoms with Crippen molar-refractivity contribution in [2.24, 2.45) is 0 Å². The molecule has 182 valence electrons. The molecule has 4 rings (SSSR count). The van der Waals surface area contributed by atoms with Gasteiger partial charge in [0.25, 0.3) is 0 Å². The monoisotopic (exact) mass is 526 g/mol. The number of halogens is 1. The zero-order chi connectivity index (χ0) is 24.3. The largest absolute Gasteiger partial charge is 0.459 e. The number of esters is 1. The van der Waals surface area contributed by atoms with Gasteiger partial charge in [0.05, 0.1) is 40.8 Å². The second-order valence-electron chi connectivity index (χ2n) is 7.37. The number of sulfonamides is 1. The molecule has 1 saturated heterocycles. The van der Waals surface area contributed by atoms with Gasteiger partial charge in [0.15, 0.2) is 0 Å². The molecule has 0 amide bonds. The van der Waals surface area contributed by atoms with Gasteiger partial charge >= 0.3 is 5.97 Å². The van der Waals surface area contributed by atoms with Gasteiger partial charge in [-0.15, -0.1) is 11.3 Å². The van der Waals surface area contributed by atoms with Gasteiger partial charge in [-0.25, -0.2) is 23.2 Å². The molecule has 0 saturated carbocycles. The number of anilines is 2. The van der Waals surface area contributed by atoms with Crippen LogP contribution in [0.3, 0.4) is 0 Å². The van der Waals surface area contributed by atoms with Crippen LogP contribution in [0.2, 0.25) is 5.02 Å². The van der Waals surface area contributed by atoms with Crippen LogP contribution in [0.4, 0.5) is 11.5 Å². The zero-order valence-electron chi connectivity index (χ0n) is 18.5. The predicted octanol–water partition coefficient (Wildman–Crippen LogP) is 3.22. The zero-order valence-corrected chi connectivity index (χ0v) is 20.9. The number of hydrogen-bond donors (Lipinski definition) is 1. The number of benzene rings is 1. The van der Waals surface area contributed by atoms with Gasteiger partial charge < -0.3 is 19.5 Å². The maximum atomic E-state index is 13.1. The molecule has 0 aliphatic carbocycles. The van der Waals surface area contributed by atoms with Crippen molar-refractivity contribution in [3.05, 3.63) is 40.0 Å². The third kappa shape index (κ3) is 5.02. The quantitative estimate of drug-likeness (QED) is 0.348. The summed E-state index contributed by atoms with van der Waals surface area (Å²) in [5.74, 6) is -0.0716. The Labute approximate surface area is 205 Å². The van der Waals surface area contributed by atoms with Crippen molar-refractivity contribution >= 4 is 60.7 Å². The summed E-state index contributed by atoms with van der Waals surface area (Å²) < 4.78 is 42.9. The van der Waals surface area contributed by atoms with Crippen LogP contribution in [0.15, 0.2) is 29.4 Å². The second-order valence-corrected chi connectivity index (χ2v) is 10.7. The number of carbonyl (C=O) groups excluding carboxylic acids is 1. The minimum Gasteiger partial charge on any atom is -0.459 e. The third-order valence-corrected chi connectivity index (χ3v) is 8.64. The lowest BCUT2D eigenvalue weighted by atomic mass is 10.2. The number of methoxy groups -OCH3 is 1. The first kappa shape index (κ1) is 24.8. The Morgan fingerprint density at radius 2 is 2.03 bits per heavy atom. The molecule has 0 spiro atoms. The molecule has 10 nitrogen and oxygen atoms in total. The van der Waals surface area contributed by atoms with Crippen LogP contribution in [0.5, 0.6) is 0 Å². The van der Waals surface area contributed by atoms with Crippen LogP contribution in [0, 0.1) is 6.92 Å². The Hall–Kier alpha value is -2.35. The van der Waals surface area contributed by atoms with E-state index in [-0.39, 0.29) is 24.6 Å². The average molecular weight is 527 g/mol. The van der Waals surface area contributed by atoms with E-state index < -0.39 is 16.0 Å². The molecule has 1 fully saturated rings. The van der Waals surface area contributed by atoms with E-state index >= 15 is 0 Å². The molecule has 1 N–H and O–H groups in total. The van der Waals surface area contributed by atoms with E-state index in [1.165, 1.54) is 47.3 Å². The van der Waals surface area contributed by atoms with Gasteiger partial charge in [0, 0.05) is 20.2 Å². The summed E-state index contributed by atoms with van der Waals surface area (Å²) in [6.45, 7) is 3.50. The highest BCUT2D eigenvalue weighted by Gasteiger charge is 2.27. The van der Waals surface area contributed by atoms with E-state index in [2.05, 4.69) is 15.3 Å². The number of hydrogen-bond acceptors (Lipinski definition) is 10. The van der Waals surface area contributed by atoms with E-state index in [0.717, 1.165) is 0 Å². The van der Waals surface area contributed by atoms with E-state index in [4.69, 9.17) is 25.8 Å². The molecule has 0 unspecified atom stereocenters. The first-order chi connectivity index (χ1) is 16.3. The smallest absolute Gasteiger partial charge is 0.348 e. The normalized spacial score (nSPS) is 14.9. The highest BCUT2D eigenvalue weighted by atomic mass is 35.5. The number of rotatable bonds is 8. The number of nitrogens with zero attached hydrogens (tertiary/aromatic N) is 3. The molecule has 3 aromatic rings. The molecule has 0 atom stereocenters. The molecule has 1 aliphatic heterocycles. The summed E-state index contributed by atoms with van der Waals surface area (Å²) in [4.78, 5) is 22.2. The van der Waals surface area contributed by atoms with Gasteiger partial charge in [0.1, 0.15) is 28.5 Å². The van der Waals surface area contributed by atoms with Crippen molar-refractivity contribution < 1.29 is 27.4 Å². The van der Waals surface area contributed by atoms with Crippen LogP contribution in [-0.4, -0.2) is 75.3 Å². The van der Waals surface area contributed by atoms with Crippen LogP contribution < -0.4 is 5.32 Å². The Morgan fingerprint density at radius 3 is 2.76 bits per heavy atom. The van der Waals surface area contributed by atoms with Gasteiger partial charge in [0.2, 0.25) is 10.0 Å². The molecule has 1 aromatic carbocycles. The Bertz CT molecular complexity index is 1310. The summed E-state index contributed by atoms with van der Waals surface area (Å²) >= 11 is 7.57. The van der Waals surface area contributed by atoms with Gasteiger partial charge in [-0.2, -0.15) is 4.31 Å². The van der Waals surface area contributed by atoms with Crippen molar-refractivity contribution in [1.29, 1.82) is 0 Å². The third-order valence-electron chi connectivity index (χ3n) is 5.23. The number of fused-ring (bicyclic) bond motifs is 1. The minimum absolute atomic E-state index is 0.107. The molecule has 2 aromatic heterocycles. The fourth-order valence-corrected chi connectivity index (χ4v) is 6.11. The summed E-state index contributed by atoms with van der Waals surface area (Å²) in [6.07, 6.45) is 1.36. The van der Waals surface area contributed by atoms with Crippen LogP contribution in [-0.2, 0) is 24.2 Å². The summed E-state index contributed by atoms with van der Waals surface area (Å²) in [7, 11) is -2.18. The molecule has 13 heteroatoms. The lowest BCUT2D eigenvalue weighted by Gasteiger charge is -2.26. The molecule has 0 radical (unpaired) electrons. The maximum Gasteiger partial charge on any atom is 0.348 e. The molecule has 34 heavy (non-hydrogen) atoms. The van der Waals surface area contributed by atoms with Crippen molar-refractivity contribution in [2.45, 2.75) is 11.8 Å².